The van der Waals surface area contributed by atoms with E-state index in [1.165, 1.54) is 48.8 Å². The van der Waals surface area contributed by atoms with Gasteiger partial charge in [0.1, 0.15) is 0 Å². The fraction of sp³-hybridized carbons (Fsp3) is 0.242. The fourth-order valence-corrected chi connectivity index (χ4v) is 6.55. The van der Waals surface area contributed by atoms with E-state index in [4.69, 9.17) is 9.47 Å². The summed E-state index contributed by atoms with van der Waals surface area (Å²) < 4.78 is 38.3. The summed E-state index contributed by atoms with van der Waals surface area (Å²) in [6.45, 7) is 2.68. The molecule has 0 aliphatic carbocycles. The number of hydrogen-bond donors (Lipinski definition) is 0. The Bertz CT molecular complexity index is 1570. The Hall–Kier alpha value is -4.34. The van der Waals surface area contributed by atoms with Gasteiger partial charge in [-0.3, -0.25) is 14.0 Å². The molecular weight excluding hydrogens is 550 g/mol. The molecule has 9 heteroatoms. The first-order chi connectivity index (χ1) is 20.3. The van der Waals surface area contributed by atoms with Crippen LogP contribution in [0.2, 0.25) is 0 Å². The molecule has 218 valence electrons. The number of benzene rings is 4. The van der Waals surface area contributed by atoms with Crippen molar-refractivity contribution < 1.29 is 22.7 Å². The first-order valence-corrected chi connectivity index (χ1v) is 15.2. The summed E-state index contributed by atoms with van der Waals surface area (Å²) in [6.07, 6.45) is 0. The molecule has 1 aliphatic rings. The molecule has 0 unspecified atom stereocenters. The first kappa shape index (κ1) is 29.2. The predicted octanol–water partition coefficient (Wildman–Crippen LogP) is 5.08. The second kappa shape index (κ2) is 12.7. The minimum atomic E-state index is -3.87. The van der Waals surface area contributed by atoms with E-state index in [-0.39, 0.29) is 16.8 Å². The van der Waals surface area contributed by atoms with Gasteiger partial charge in [-0.25, -0.2) is 8.42 Å². The van der Waals surface area contributed by atoms with Crippen LogP contribution in [-0.4, -0.2) is 71.6 Å². The second-order valence-corrected chi connectivity index (χ2v) is 12.1. The van der Waals surface area contributed by atoms with Crippen LogP contribution in [-0.2, 0) is 10.0 Å². The van der Waals surface area contributed by atoms with Crippen LogP contribution < -0.4 is 13.8 Å². The van der Waals surface area contributed by atoms with Crippen LogP contribution in [0.4, 0.5) is 5.69 Å². The molecule has 0 N–H and O–H groups in total. The van der Waals surface area contributed by atoms with Gasteiger partial charge in [-0.1, -0.05) is 60.7 Å². The zero-order valence-electron chi connectivity index (χ0n) is 24.0. The first-order valence-electron chi connectivity index (χ1n) is 13.8. The zero-order valence-corrected chi connectivity index (χ0v) is 24.8. The highest BCUT2D eigenvalue weighted by Crippen LogP contribution is 2.32. The summed E-state index contributed by atoms with van der Waals surface area (Å²) in [7, 11) is 0.568. The lowest BCUT2D eigenvalue weighted by Gasteiger charge is -2.39. The molecule has 42 heavy (non-hydrogen) atoms. The van der Waals surface area contributed by atoms with Gasteiger partial charge in [0.15, 0.2) is 11.5 Å². The Labute approximate surface area is 247 Å². The number of piperazine rings is 1. The normalized spacial score (nSPS) is 14.0. The molecule has 1 amide bonds. The molecule has 1 heterocycles. The number of sulfonamides is 1. The van der Waals surface area contributed by atoms with Crippen molar-refractivity contribution in [2.75, 3.05) is 51.8 Å². The molecule has 8 nitrogen and oxygen atoms in total. The third-order valence-electron chi connectivity index (χ3n) is 7.69. The monoisotopic (exact) mass is 585 g/mol. The van der Waals surface area contributed by atoms with Crippen molar-refractivity contribution in [3.05, 3.63) is 120 Å². The van der Waals surface area contributed by atoms with Gasteiger partial charge in [-0.05, 0) is 47.5 Å². The number of hydrogen-bond acceptors (Lipinski definition) is 6. The summed E-state index contributed by atoms with van der Waals surface area (Å²) in [5.41, 5.74) is 3.42. The van der Waals surface area contributed by atoms with Crippen LogP contribution in [0.1, 0.15) is 27.5 Å². The largest absolute Gasteiger partial charge is 0.493 e. The summed E-state index contributed by atoms with van der Waals surface area (Å²) >= 11 is 0. The van der Waals surface area contributed by atoms with Crippen molar-refractivity contribution in [3.8, 4) is 11.5 Å². The molecule has 0 radical (unpaired) electrons. The predicted molar refractivity (Wildman–Crippen MR) is 164 cm³/mol. The van der Waals surface area contributed by atoms with Crippen molar-refractivity contribution in [2.24, 2.45) is 0 Å². The van der Waals surface area contributed by atoms with Gasteiger partial charge in [-0.15, -0.1) is 0 Å². The van der Waals surface area contributed by atoms with E-state index in [1.54, 1.807) is 30.3 Å². The van der Waals surface area contributed by atoms with E-state index in [2.05, 4.69) is 53.4 Å². The number of amides is 1. The molecule has 4 aromatic carbocycles. The number of carbonyl (C=O) groups excluding carboxylic acids is 1. The van der Waals surface area contributed by atoms with Gasteiger partial charge < -0.3 is 14.4 Å². The minimum absolute atomic E-state index is 0.0671. The van der Waals surface area contributed by atoms with Crippen molar-refractivity contribution >= 4 is 21.6 Å². The van der Waals surface area contributed by atoms with E-state index < -0.39 is 10.0 Å². The van der Waals surface area contributed by atoms with Gasteiger partial charge in [0.05, 0.1) is 30.8 Å². The minimum Gasteiger partial charge on any atom is -0.493 e. The highest BCUT2D eigenvalue weighted by atomic mass is 32.2. The van der Waals surface area contributed by atoms with E-state index >= 15 is 0 Å². The molecular formula is C33H35N3O5S. The number of methoxy groups -OCH3 is 2. The standard InChI is InChI=1S/C33H35N3O5S/c1-34(42(38,39)29-18-19-30(40-2)31(24-29)41-3)28-16-14-27(15-17-28)33(37)36-22-20-35(21-23-36)32(25-10-6-4-7-11-25)26-12-8-5-9-13-26/h4-19,24,32H,20-23H2,1-3H3. The summed E-state index contributed by atoms with van der Waals surface area (Å²) in [5, 5.41) is 0. The molecule has 0 saturated carbocycles. The average molecular weight is 586 g/mol. The summed E-state index contributed by atoms with van der Waals surface area (Å²) in [4.78, 5) is 17.8. The Morgan fingerprint density at radius 1 is 0.738 bits per heavy atom. The van der Waals surface area contributed by atoms with Gasteiger partial charge in [-0.2, -0.15) is 0 Å². The van der Waals surface area contributed by atoms with E-state index in [0.29, 0.717) is 35.8 Å². The molecule has 1 aliphatic heterocycles. The zero-order chi connectivity index (χ0) is 29.7. The molecule has 0 atom stereocenters. The number of carbonyl (C=O) groups is 1. The maximum atomic E-state index is 13.4. The lowest BCUT2D eigenvalue weighted by Crippen LogP contribution is -2.49. The van der Waals surface area contributed by atoms with Crippen molar-refractivity contribution in [2.45, 2.75) is 10.9 Å². The van der Waals surface area contributed by atoms with Crippen LogP contribution in [0.25, 0.3) is 0 Å². The van der Waals surface area contributed by atoms with Crippen molar-refractivity contribution in [1.29, 1.82) is 0 Å². The fourth-order valence-electron chi connectivity index (χ4n) is 5.34. The maximum Gasteiger partial charge on any atom is 0.264 e. The molecule has 4 aromatic rings. The Kier molecular flexibility index (Phi) is 8.80. The molecule has 5 rings (SSSR count). The van der Waals surface area contributed by atoms with Gasteiger partial charge >= 0.3 is 0 Å². The molecule has 0 bridgehead atoms. The third kappa shape index (κ3) is 5.98. The number of rotatable bonds is 9. The number of anilines is 1. The van der Waals surface area contributed by atoms with Crippen LogP contribution in [0.3, 0.4) is 0 Å². The van der Waals surface area contributed by atoms with E-state index in [9.17, 15) is 13.2 Å². The number of nitrogens with zero attached hydrogens (tertiary/aromatic N) is 3. The lowest BCUT2D eigenvalue weighted by molar-refractivity contribution is 0.0597. The highest BCUT2D eigenvalue weighted by Gasteiger charge is 2.29. The SMILES string of the molecule is COc1ccc(S(=O)(=O)N(C)c2ccc(C(=O)N3CCN(C(c4ccccc4)c4ccccc4)CC3)cc2)cc1OC. The maximum absolute atomic E-state index is 13.4. The topological polar surface area (TPSA) is 79.4 Å². The number of ether oxygens (including phenoxy) is 2. The van der Waals surface area contributed by atoms with Crippen LogP contribution >= 0.6 is 0 Å². The van der Waals surface area contributed by atoms with Crippen LogP contribution in [0.15, 0.2) is 108 Å². The summed E-state index contributed by atoms with van der Waals surface area (Å²) in [5.74, 6) is 0.702. The Balaban J connectivity index is 1.27. The highest BCUT2D eigenvalue weighted by molar-refractivity contribution is 7.92. The van der Waals surface area contributed by atoms with Crippen LogP contribution in [0, 0.1) is 0 Å². The summed E-state index contributed by atoms with van der Waals surface area (Å²) in [6, 6.07) is 32.2. The molecule has 1 saturated heterocycles. The second-order valence-electron chi connectivity index (χ2n) is 10.1. The molecule has 0 spiro atoms. The quantitative estimate of drug-likeness (QED) is 0.273. The van der Waals surface area contributed by atoms with Gasteiger partial charge in [0.2, 0.25) is 0 Å². The third-order valence-corrected chi connectivity index (χ3v) is 9.47. The molecule has 0 aromatic heterocycles. The van der Waals surface area contributed by atoms with Gasteiger partial charge in [0, 0.05) is 44.9 Å². The van der Waals surface area contributed by atoms with Crippen LogP contribution in [0.5, 0.6) is 11.5 Å². The van der Waals surface area contributed by atoms with E-state index in [1.807, 2.05) is 17.0 Å². The smallest absolute Gasteiger partial charge is 0.264 e. The van der Waals surface area contributed by atoms with E-state index in [0.717, 1.165) is 13.1 Å². The van der Waals surface area contributed by atoms with Crippen molar-refractivity contribution in [3.63, 3.8) is 0 Å². The van der Waals surface area contributed by atoms with Crippen molar-refractivity contribution in [1.82, 2.24) is 9.80 Å². The average Bonchev–Trinajstić information content (AvgIpc) is 3.05. The molecule has 1 fully saturated rings. The van der Waals surface area contributed by atoms with Gasteiger partial charge in [0.25, 0.3) is 15.9 Å². The Morgan fingerprint density at radius 3 is 1.81 bits per heavy atom. The Morgan fingerprint density at radius 2 is 1.29 bits per heavy atom. The lowest BCUT2D eigenvalue weighted by atomic mass is 9.96.